The van der Waals surface area contributed by atoms with Crippen LogP contribution in [0.5, 0.6) is 0 Å². The number of nitrogens with one attached hydrogen (secondary N) is 1. The number of benzene rings is 1. The van der Waals surface area contributed by atoms with E-state index in [9.17, 15) is 4.79 Å². The van der Waals surface area contributed by atoms with E-state index in [2.05, 4.69) is 5.32 Å². The largest absolute Gasteiger partial charge is 0.385 e. The predicted molar refractivity (Wildman–Crippen MR) is 77.6 cm³/mol. The molecule has 0 aliphatic carbocycles. The number of carbonyl (C=O) groups is 1. The molecule has 6 heteroatoms. The van der Waals surface area contributed by atoms with Gasteiger partial charge in [0.15, 0.2) is 0 Å². The van der Waals surface area contributed by atoms with Gasteiger partial charge >= 0.3 is 0 Å². The van der Waals surface area contributed by atoms with Crippen LogP contribution in [0.15, 0.2) is 18.2 Å². The van der Waals surface area contributed by atoms with Crippen molar-refractivity contribution in [1.29, 1.82) is 0 Å². The quantitative estimate of drug-likeness (QED) is 0.810. The molecule has 0 bridgehead atoms. The zero-order chi connectivity index (χ0) is 14.3. The Labute approximate surface area is 123 Å². The molecule has 0 fully saturated rings. The molecule has 1 amide bonds. The number of nitrogens with two attached hydrogens (primary N) is 1. The molecule has 4 nitrogen and oxygen atoms in total. The molecule has 0 aliphatic heterocycles. The third kappa shape index (κ3) is 5.78. The van der Waals surface area contributed by atoms with Crippen LogP contribution in [0.4, 0.5) is 0 Å². The highest BCUT2D eigenvalue weighted by atomic mass is 35.5. The Bertz CT molecular complexity index is 427. The lowest BCUT2D eigenvalue weighted by Crippen LogP contribution is -2.41. The van der Waals surface area contributed by atoms with Crippen LogP contribution >= 0.6 is 23.2 Å². The Hall–Kier alpha value is -0.810. The maximum atomic E-state index is 11.6. The first-order chi connectivity index (χ1) is 9.04. The summed E-state index contributed by atoms with van der Waals surface area (Å²) < 4.78 is 4.87. The molecule has 19 heavy (non-hydrogen) atoms. The van der Waals surface area contributed by atoms with Gasteiger partial charge in [-0.15, -0.1) is 0 Å². The van der Waals surface area contributed by atoms with Gasteiger partial charge in [0.25, 0.3) is 0 Å². The number of ether oxygens (including phenoxy) is 1. The van der Waals surface area contributed by atoms with Gasteiger partial charge in [0.2, 0.25) is 5.91 Å². The third-order valence-electron chi connectivity index (χ3n) is 2.68. The average molecular weight is 305 g/mol. The van der Waals surface area contributed by atoms with Gasteiger partial charge in [-0.2, -0.15) is 0 Å². The Balaban J connectivity index is 2.35. The highest BCUT2D eigenvalue weighted by Crippen LogP contribution is 2.20. The van der Waals surface area contributed by atoms with Crippen molar-refractivity contribution in [3.63, 3.8) is 0 Å². The van der Waals surface area contributed by atoms with E-state index in [1.807, 2.05) is 6.07 Å². The standard InChI is InChI=1S/C13H18Cl2N2O2/c1-19-7-5-12(16)13(18)17-6-4-9-2-3-10(14)8-11(9)15/h2-3,8,12H,4-7,16H2,1H3,(H,17,18). The molecule has 1 atom stereocenters. The monoisotopic (exact) mass is 304 g/mol. The first-order valence-corrected chi connectivity index (χ1v) is 6.76. The van der Waals surface area contributed by atoms with Crippen molar-refractivity contribution in [1.82, 2.24) is 5.32 Å². The molecule has 1 aromatic carbocycles. The highest BCUT2D eigenvalue weighted by molar-refractivity contribution is 6.35. The second-order valence-corrected chi connectivity index (χ2v) is 5.01. The molecule has 1 unspecified atom stereocenters. The van der Waals surface area contributed by atoms with Gasteiger partial charge in [0.05, 0.1) is 6.04 Å². The van der Waals surface area contributed by atoms with Crippen LogP contribution < -0.4 is 11.1 Å². The van der Waals surface area contributed by atoms with Crippen LogP contribution in [0.1, 0.15) is 12.0 Å². The van der Waals surface area contributed by atoms with Crippen LogP contribution in [0.3, 0.4) is 0 Å². The van der Waals surface area contributed by atoms with Crippen molar-refractivity contribution >= 4 is 29.1 Å². The summed E-state index contributed by atoms with van der Waals surface area (Å²) in [5.41, 5.74) is 6.64. The summed E-state index contributed by atoms with van der Waals surface area (Å²) in [5.74, 6) is -0.179. The fourth-order valence-corrected chi connectivity index (χ4v) is 2.05. The van der Waals surface area contributed by atoms with E-state index in [1.165, 1.54) is 0 Å². The van der Waals surface area contributed by atoms with Crippen molar-refractivity contribution in [2.45, 2.75) is 18.9 Å². The second-order valence-electron chi connectivity index (χ2n) is 4.16. The number of halogens is 2. The molecule has 0 radical (unpaired) electrons. The van der Waals surface area contributed by atoms with Gasteiger partial charge in [0, 0.05) is 30.3 Å². The van der Waals surface area contributed by atoms with E-state index in [4.69, 9.17) is 33.7 Å². The van der Waals surface area contributed by atoms with Crippen LogP contribution in [0, 0.1) is 0 Å². The normalized spacial score (nSPS) is 12.2. The van der Waals surface area contributed by atoms with E-state index in [0.29, 0.717) is 36.0 Å². The topological polar surface area (TPSA) is 64.3 Å². The third-order valence-corrected chi connectivity index (χ3v) is 3.27. The summed E-state index contributed by atoms with van der Waals surface area (Å²) in [6.07, 6.45) is 1.14. The lowest BCUT2D eigenvalue weighted by Gasteiger charge is -2.12. The molecule has 0 spiro atoms. The minimum atomic E-state index is -0.541. The van der Waals surface area contributed by atoms with E-state index in [-0.39, 0.29) is 5.91 Å². The fourth-order valence-electron chi connectivity index (χ4n) is 1.55. The van der Waals surface area contributed by atoms with Crippen molar-refractivity contribution in [3.05, 3.63) is 33.8 Å². The first kappa shape index (κ1) is 16.2. The zero-order valence-corrected chi connectivity index (χ0v) is 12.3. The van der Waals surface area contributed by atoms with Crippen molar-refractivity contribution in [3.8, 4) is 0 Å². The van der Waals surface area contributed by atoms with E-state index >= 15 is 0 Å². The van der Waals surface area contributed by atoms with Crippen LogP contribution in [0.2, 0.25) is 10.0 Å². The highest BCUT2D eigenvalue weighted by Gasteiger charge is 2.12. The lowest BCUT2D eigenvalue weighted by molar-refractivity contribution is -0.122. The molecule has 0 saturated heterocycles. The fraction of sp³-hybridized carbons (Fsp3) is 0.462. The van der Waals surface area contributed by atoms with Gasteiger partial charge in [-0.3, -0.25) is 4.79 Å². The molecular weight excluding hydrogens is 287 g/mol. The molecule has 0 aliphatic rings. The second kappa shape index (κ2) is 8.38. The Morgan fingerprint density at radius 2 is 2.21 bits per heavy atom. The van der Waals surface area contributed by atoms with Gasteiger partial charge in [-0.1, -0.05) is 29.3 Å². The summed E-state index contributed by atoms with van der Waals surface area (Å²) in [6.45, 7) is 0.957. The minimum Gasteiger partial charge on any atom is -0.385 e. The SMILES string of the molecule is COCCC(N)C(=O)NCCc1ccc(Cl)cc1Cl. The van der Waals surface area contributed by atoms with E-state index in [1.54, 1.807) is 19.2 Å². The van der Waals surface area contributed by atoms with E-state index in [0.717, 1.165) is 5.56 Å². The summed E-state index contributed by atoms with van der Waals surface area (Å²) in [7, 11) is 1.58. The number of rotatable bonds is 7. The predicted octanol–water partition coefficient (Wildman–Crippen LogP) is 2.02. The smallest absolute Gasteiger partial charge is 0.237 e. The molecule has 1 rings (SSSR count). The molecule has 1 aromatic rings. The maximum Gasteiger partial charge on any atom is 0.237 e. The maximum absolute atomic E-state index is 11.6. The van der Waals surface area contributed by atoms with Crippen molar-refractivity contribution in [2.75, 3.05) is 20.3 Å². The summed E-state index contributed by atoms with van der Waals surface area (Å²) >= 11 is 11.8. The van der Waals surface area contributed by atoms with Gasteiger partial charge in [0.1, 0.15) is 0 Å². The van der Waals surface area contributed by atoms with Gasteiger partial charge in [-0.05, 0) is 30.5 Å². The average Bonchev–Trinajstić information content (AvgIpc) is 2.38. The molecule has 106 valence electrons. The summed E-state index contributed by atoms with van der Waals surface area (Å²) in [5, 5.41) is 3.97. The van der Waals surface area contributed by atoms with Gasteiger partial charge < -0.3 is 15.8 Å². The molecule has 3 N–H and O–H groups in total. The zero-order valence-electron chi connectivity index (χ0n) is 10.8. The van der Waals surface area contributed by atoms with Crippen LogP contribution in [-0.4, -0.2) is 32.2 Å². The molecule has 0 aromatic heterocycles. The first-order valence-electron chi connectivity index (χ1n) is 6.00. The van der Waals surface area contributed by atoms with Crippen molar-refractivity contribution < 1.29 is 9.53 Å². The van der Waals surface area contributed by atoms with Crippen LogP contribution in [-0.2, 0) is 16.0 Å². The summed E-state index contributed by atoms with van der Waals surface area (Å²) in [4.78, 5) is 11.6. The van der Waals surface area contributed by atoms with Crippen LogP contribution in [0.25, 0.3) is 0 Å². The van der Waals surface area contributed by atoms with E-state index < -0.39 is 6.04 Å². The molecular formula is C13H18Cl2N2O2. The number of carbonyl (C=O) groups excluding carboxylic acids is 1. The molecule has 0 heterocycles. The number of hydrogen-bond acceptors (Lipinski definition) is 3. The van der Waals surface area contributed by atoms with Gasteiger partial charge in [-0.25, -0.2) is 0 Å². The Morgan fingerprint density at radius 3 is 2.84 bits per heavy atom. The number of amides is 1. The number of methoxy groups -OCH3 is 1. The number of hydrogen-bond donors (Lipinski definition) is 2. The summed E-state index contributed by atoms with van der Waals surface area (Å²) in [6, 6.07) is 4.77. The Morgan fingerprint density at radius 1 is 1.47 bits per heavy atom. The lowest BCUT2D eigenvalue weighted by atomic mass is 10.1. The molecule has 0 saturated carbocycles. The Kier molecular flexibility index (Phi) is 7.16. The minimum absolute atomic E-state index is 0.179. The van der Waals surface area contributed by atoms with Crippen molar-refractivity contribution in [2.24, 2.45) is 5.73 Å².